The van der Waals surface area contributed by atoms with Crippen LogP contribution in [0.4, 0.5) is 5.69 Å². The second-order valence-corrected chi connectivity index (χ2v) is 10.5. The van der Waals surface area contributed by atoms with E-state index in [-0.39, 0.29) is 15.5 Å². The van der Waals surface area contributed by atoms with E-state index in [0.717, 1.165) is 25.1 Å². The van der Waals surface area contributed by atoms with E-state index in [9.17, 15) is 13.2 Å². The lowest BCUT2D eigenvalue weighted by Crippen LogP contribution is -2.23. The lowest BCUT2D eigenvalue weighted by molar-refractivity contribution is 0.102. The number of carbonyl (C=O) groups excluding carboxylic acids is 1. The van der Waals surface area contributed by atoms with Gasteiger partial charge in [-0.25, -0.2) is 17.7 Å². The fourth-order valence-electron chi connectivity index (χ4n) is 2.97. The number of anilines is 1. The first-order valence-electron chi connectivity index (χ1n) is 9.25. The quantitative estimate of drug-likeness (QED) is 0.438. The molecule has 0 aliphatic carbocycles. The number of hydrogen-bond donors (Lipinski definition) is 1. The summed E-state index contributed by atoms with van der Waals surface area (Å²) in [5.74, 6) is -0.498. The number of sulfonamides is 1. The van der Waals surface area contributed by atoms with E-state index in [1.165, 1.54) is 32.3 Å². The molecule has 1 N–H and O–H groups in total. The molecule has 0 bridgehead atoms. The van der Waals surface area contributed by atoms with Crippen LogP contribution in [-0.2, 0) is 10.0 Å². The minimum atomic E-state index is -3.69. The van der Waals surface area contributed by atoms with E-state index in [2.05, 4.69) is 10.3 Å². The third-order valence-electron chi connectivity index (χ3n) is 4.62. The molecule has 0 aliphatic rings. The van der Waals surface area contributed by atoms with E-state index in [1.807, 2.05) is 42.5 Å². The van der Waals surface area contributed by atoms with Gasteiger partial charge in [0.2, 0.25) is 10.0 Å². The van der Waals surface area contributed by atoms with Crippen LogP contribution in [0.1, 0.15) is 10.4 Å². The van der Waals surface area contributed by atoms with Gasteiger partial charge in [0, 0.05) is 25.3 Å². The molecule has 4 aromatic rings. The fourth-order valence-corrected chi connectivity index (χ4v) is 5.07. The highest BCUT2D eigenvalue weighted by Crippen LogP contribution is 2.31. The summed E-state index contributed by atoms with van der Waals surface area (Å²) in [4.78, 5) is 17.5. The van der Waals surface area contributed by atoms with Crippen molar-refractivity contribution in [2.24, 2.45) is 0 Å². The number of rotatable bonds is 5. The largest absolute Gasteiger partial charge is 0.322 e. The zero-order valence-electron chi connectivity index (χ0n) is 16.7. The molecule has 1 aromatic heterocycles. The lowest BCUT2D eigenvalue weighted by atomic mass is 10.1. The Morgan fingerprint density at radius 2 is 1.81 bits per heavy atom. The van der Waals surface area contributed by atoms with Crippen molar-refractivity contribution in [1.82, 2.24) is 9.29 Å². The number of benzene rings is 3. The number of amides is 1. The van der Waals surface area contributed by atoms with Crippen molar-refractivity contribution in [3.8, 4) is 10.6 Å². The Morgan fingerprint density at radius 3 is 2.55 bits per heavy atom. The molecule has 1 amide bonds. The van der Waals surface area contributed by atoms with Crippen LogP contribution >= 0.6 is 22.9 Å². The van der Waals surface area contributed by atoms with E-state index in [1.54, 1.807) is 17.4 Å². The maximum Gasteiger partial charge on any atom is 0.257 e. The van der Waals surface area contributed by atoms with Gasteiger partial charge < -0.3 is 5.32 Å². The van der Waals surface area contributed by atoms with Crippen molar-refractivity contribution < 1.29 is 13.2 Å². The Hall–Kier alpha value is -2.78. The summed E-state index contributed by atoms with van der Waals surface area (Å²) in [5, 5.41) is 3.80. The number of hydrogen-bond acceptors (Lipinski definition) is 5. The normalized spacial score (nSPS) is 11.7. The minimum Gasteiger partial charge on any atom is -0.322 e. The van der Waals surface area contributed by atoms with E-state index >= 15 is 0 Å². The van der Waals surface area contributed by atoms with Crippen LogP contribution in [0.15, 0.2) is 71.6 Å². The lowest BCUT2D eigenvalue weighted by Gasteiger charge is -2.13. The van der Waals surface area contributed by atoms with Crippen molar-refractivity contribution in [1.29, 1.82) is 0 Å². The molecule has 0 unspecified atom stereocenters. The van der Waals surface area contributed by atoms with Crippen LogP contribution in [0.3, 0.4) is 0 Å². The number of halogens is 1. The van der Waals surface area contributed by atoms with E-state index in [0.29, 0.717) is 5.69 Å². The minimum absolute atomic E-state index is 0.00437. The van der Waals surface area contributed by atoms with Crippen molar-refractivity contribution >= 4 is 54.8 Å². The molecule has 6 nitrogen and oxygen atoms in total. The monoisotopic (exact) mass is 471 g/mol. The molecule has 0 atom stereocenters. The molecular weight excluding hydrogens is 454 g/mol. The highest BCUT2D eigenvalue weighted by atomic mass is 35.5. The summed E-state index contributed by atoms with van der Waals surface area (Å²) >= 11 is 7.75. The van der Waals surface area contributed by atoms with Gasteiger partial charge in [-0.1, -0.05) is 35.9 Å². The number of nitrogens with one attached hydrogen (secondary N) is 1. The van der Waals surface area contributed by atoms with Gasteiger partial charge in [0.05, 0.1) is 25.7 Å². The molecule has 0 aliphatic heterocycles. The van der Waals surface area contributed by atoms with E-state index < -0.39 is 15.9 Å². The summed E-state index contributed by atoms with van der Waals surface area (Å²) in [6.07, 6.45) is 0. The highest BCUT2D eigenvalue weighted by molar-refractivity contribution is 7.89. The van der Waals surface area contributed by atoms with Gasteiger partial charge >= 0.3 is 0 Å². The van der Waals surface area contributed by atoms with Gasteiger partial charge in [0.25, 0.3) is 5.91 Å². The van der Waals surface area contributed by atoms with Crippen LogP contribution in [0.25, 0.3) is 20.8 Å². The molecule has 158 valence electrons. The van der Waals surface area contributed by atoms with Gasteiger partial charge in [0.15, 0.2) is 0 Å². The molecule has 0 fully saturated rings. The SMILES string of the molecule is CN(C)S(=O)(=O)c1ccc(Cl)c(C(=O)Nc2cccc(-c3nc4ccccc4s3)c2)c1. The fraction of sp³-hybridized carbons (Fsp3) is 0.0909. The first kappa shape index (κ1) is 21.5. The molecule has 0 saturated carbocycles. The Morgan fingerprint density at radius 1 is 1.03 bits per heavy atom. The average Bonchev–Trinajstić information content (AvgIpc) is 3.18. The van der Waals surface area contributed by atoms with Crippen molar-refractivity contribution in [2.45, 2.75) is 4.90 Å². The second kappa shape index (κ2) is 8.39. The number of fused-ring (bicyclic) bond motifs is 1. The van der Waals surface area contributed by atoms with Crippen LogP contribution in [-0.4, -0.2) is 37.7 Å². The molecule has 9 heteroatoms. The maximum absolute atomic E-state index is 12.9. The number of thiazole rings is 1. The van der Waals surface area contributed by atoms with Crippen LogP contribution in [0, 0.1) is 0 Å². The standard InChI is InChI=1S/C22H18ClN3O3S2/c1-26(2)31(28,29)16-10-11-18(23)17(13-16)21(27)24-15-7-5-6-14(12-15)22-25-19-8-3-4-9-20(19)30-22/h3-13H,1-2H3,(H,24,27). The number of nitrogens with zero attached hydrogens (tertiary/aromatic N) is 2. The Labute approximate surface area is 189 Å². The summed E-state index contributed by atoms with van der Waals surface area (Å²) in [6.45, 7) is 0. The summed E-state index contributed by atoms with van der Waals surface area (Å²) in [5.41, 5.74) is 2.42. The predicted octanol–water partition coefficient (Wildman–Crippen LogP) is 5.12. The van der Waals surface area contributed by atoms with Crippen LogP contribution in [0.5, 0.6) is 0 Å². The smallest absolute Gasteiger partial charge is 0.257 e. The molecule has 31 heavy (non-hydrogen) atoms. The maximum atomic E-state index is 12.9. The van der Waals surface area contributed by atoms with Gasteiger partial charge in [-0.2, -0.15) is 0 Å². The third kappa shape index (κ3) is 4.33. The van der Waals surface area contributed by atoms with Gasteiger partial charge in [-0.05, 0) is 42.5 Å². The summed E-state index contributed by atoms with van der Waals surface area (Å²) in [7, 11) is -0.835. The first-order chi connectivity index (χ1) is 14.8. The topological polar surface area (TPSA) is 79.4 Å². The molecule has 3 aromatic carbocycles. The molecule has 0 saturated heterocycles. The van der Waals surface area contributed by atoms with Crippen LogP contribution < -0.4 is 5.32 Å². The Bertz CT molecular complexity index is 1370. The first-order valence-corrected chi connectivity index (χ1v) is 11.9. The third-order valence-corrected chi connectivity index (χ3v) is 7.85. The average molecular weight is 472 g/mol. The van der Waals surface area contributed by atoms with Gasteiger partial charge in [-0.15, -0.1) is 11.3 Å². The van der Waals surface area contributed by atoms with Crippen molar-refractivity contribution in [2.75, 3.05) is 19.4 Å². The number of para-hydroxylation sites is 1. The number of carbonyl (C=O) groups is 1. The highest BCUT2D eigenvalue weighted by Gasteiger charge is 2.21. The zero-order valence-corrected chi connectivity index (χ0v) is 19.1. The number of aromatic nitrogens is 1. The van der Waals surface area contributed by atoms with Gasteiger partial charge in [-0.3, -0.25) is 4.79 Å². The van der Waals surface area contributed by atoms with Crippen molar-refractivity contribution in [3.05, 3.63) is 77.3 Å². The van der Waals surface area contributed by atoms with Crippen molar-refractivity contribution in [3.63, 3.8) is 0 Å². The summed E-state index contributed by atoms with van der Waals surface area (Å²) in [6, 6.07) is 19.3. The van der Waals surface area contributed by atoms with Crippen LogP contribution in [0.2, 0.25) is 5.02 Å². The summed E-state index contributed by atoms with van der Waals surface area (Å²) < 4.78 is 27.0. The molecule has 0 radical (unpaired) electrons. The molecule has 4 rings (SSSR count). The molecular formula is C22H18ClN3O3S2. The molecule has 0 spiro atoms. The van der Waals surface area contributed by atoms with E-state index in [4.69, 9.17) is 11.6 Å². The Balaban J connectivity index is 1.63. The Kier molecular flexibility index (Phi) is 5.81. The predicted molar refractivity (Wildman–Crippen MR) is 125 cm³/mol. The zero-order chi connectivity index (χ0) is 22.2. The van der Waals surface area contributed by atoms with Gasteiger partial charge in [0.1, 0.15) is 5.01 Å². The molecule has 1 heterocycles. The second-order valence-electron chi connectivity index (χ2n) is 6.95.